The van der Waals surface area contributed by atoms with Crippen molar-refractivity contribution in [1.82, 2.24) is 5.32 Å². The molecule has 2 aliphatic carbocycles. The molecule has 0 aromatic heterocycles. The maximum absolute atomic E-state index is 12.1. The molecule has 0 aromatic carbocycles. The molecule has 2 rings (SSSR count). The highest BCUT2D eigenvalue weighted by Crippen LogP contribution is 2.38. The summed E-state index contributed by atoms with van der Waals surface area (Å²) in [5.74, 6) is 1.06. The van der Waals surface area contributed by atoms with E-state index in [0.29, 0.717) is 11.7 Å². The third-order valence-electron chi connectivity index (χ3n) is 3.82. The average Bonchev–Trinajstić information content (AvgIpc) is 2.22. The van der Waals surface area contributed by atoms with E-state index in [1.807, 2.05) is 0 Å². The molecule has 84 valence electrons. The molecular formula is C12H19NO2. The summed E-state index contributed by atoms with van der Waals surface area (Å²) >= 11 is 0. The third kappa shape index (κ3) is 2.21. The van der Waals surface area contributed by atoms with Gasteiger partial charge >= 0.3 is 0 Å². The van der Waals surface area contributed by atoms with Gasteiger partial charge in [0.15, 0.2) is 5.78 Å². The van der Waals surface area contributed by atoms with Gasteiger partial charge in [-0.1, -0.05) is 12.8 Å². The molecule has 0 radical (unpaired) electrons. The van der Waals surface area contributed by atoms with Crippen molar-refractivity contribution in [3.8, 4) is 0 Å². The lowest BCUT2D eigenvalue weighted by atomic mass is 9.68. The zero-order valence-electron chi connectivity index (χ0n) is 9.29. The predicted molar refractivity (Wildman–Crippen MR) is 57.3 cm³/mol. The first-order chi connectivity index (χ1) is 7.18. The molecule has 2 fully saturated rings. The summed E-state index contributed by atoms with van der Waals surface area (Å²) in [6, 6.07) is -0.193. The molecule has 15 heavy (non-hydrogen) atoms. The highest BCUT2D eigenvalue weighted by molar-refractivity contribution is 5.90. The van der Waals surface area contributed by atoms with E-state index in [1.54, 1.807) is 0 Å². The number of amides is 1. The van der Waals surface area contributed by atoms with Crippen LogP contribution < -0.4 is 5.32 Å². The van der Waals surface area contributed by atoms with E-state index in [2.05, 4.69) is 5.32 Å². The van der Waals surface area contributed by atoms with E-state index < -0.39 is 0 Å². The van der Waals surface area contributed by atoms with E-state index in [1.165, 1.54) is 26.2 Å². The van der Waals surface area contributed by atoms with Crippen molar-refractivity contribution >= 4 is 11.7 Å². The van der Waals surface area contributed by atoms with Gasteiger partial charge in [-0.05, 0) is 31.6 Å². The van der Waals surface area contributed by atoms with Crippen LogP contribution >= 0.6 is 0 Å². The summed E-state index contributed by atoms with van der Waals surface area (Å²) in [7, 11) is 0. The molecule has 3 heteroatoms. The number of rotatable bonds is 1. The van der Waals surface area contributed by atoms with Crippen LogP contribution in [0.4, 0.5) is 0 Å². The predicted octanol–water partition coefficient (Wildman–Crippen LogP) is 1.66. The van der Waals surface area contributed by atoms with Crippen molar-refractivity contribution in [3.63, 3.8) is 0 Å². The lowest BCUT2D eigenvalue weighted by Gasteiger charge is -2.38. The van der Waals surface area contributed by atoms with Gasteiger partial charge in [0.05, 0.1) is 6.04 Å². The van der Waals surface area contributed by atoms with E-state index >= 15 is 0 Å². The van der Waals surface area contributed by atoms with E-state index in [4.69, 9.17) is 0 Å². The molecule has 0 heterocycles. The Morgan fingerprint density at radius 2 is 1.93 bits per heavy atom. The van der Waals surface area contributed by atoms with Crippen LogP contribution in [-0.2, 0) is 9.59 Å². The summed E-state index contributed by atoms with van der Waals surface area (Å²) < 4.78 is 0. The van der Waals surface area contributed by atoms with Crippen molar-refractivity contribution in [2.75, 3.05) is 0 Å². The van der Waals surface area contributed by atoms with Gasteiger partial charge in [-0.25, -0.2) is 0 Å². The minimum Gasteiger partial charge on any atom is -0.347 e. The number of fused-ring (bicyclic) bond motifs is 1. The number of carbonyl (C=O) groups excluding carboxylic acids is 2. The first-order valence-corrected chi connectivity index (χ1v) is 5.99. The largest absolute Gasteiger partial charge is 0.347 e. The Balaban J connectivity index is 2.01. The monoisotopic (exact) mass is 209 g/mol. The van der Waals surface area contributed by atoms with Gasteiger partial charge in [0.25, 0.3) is 0 Å². The van der Waals surface area contributed by atoms with Crippen LogP contribution in [0.1, 0.15) is 45.4 Å². The smallest absolute Gasteiger partial charge is 0.217 e. The summed E-state index contributed by atoms with van der Waals surface area (Å²) in [5.41, 5.74) is 0. The molecule has 0 spiro atoms. The van der Waals surface area contributed by atoms with E-state index in [9.17, 15) is 9.59 Å². The number of nitrogens with one attached hydrogen (secondary N) is 1. The van der Waals surface area contributed by atoms with Gasteiger partial charge < -0.3 is 5.32 Å². The standard InChI is InChI=1S/C12H19NO2/c1-8(14)13-11-7-6-9-4-2-3-5-10(9)12(11)15/h9-11H,2-7H2,1H3,(H,13,14). The minimum atomic E-state index is -0.193. The SMILES string of the molecule is CC(=O)NC1CCC2CCCCC2C1=O. The normalized spacial score (nSPS) is 35.8. The Hall–Kier alpha value is -0.860. The van der Waals surface area contributed by atoms with Gasteiger partial charge in [0.1, 0.15) is 0 Å². The van der Waals surface area contributed by atoms with E-state index in [0.717, 1.165) is 19.3 Å². The zero-order valence-corrected chi connectivity index (χ0v) is 9.29. The molecule has 2 saturated carbocycles. The first kappa shape index (κ1) is 10.7. The molecule has 0 aliphatic heterocycles. The quantitative estimate of drug-likeness (QED) is 0.714. The van der Waals surface area contributed by atoms with Crippen LogP contribution in [0.25, 0.3) is 0 Å². The van der Waals surface area contributed by atoms with Crippen molar-refractivity contribution in [3.05, 3.63) is 0 Å². The highest BCUT2D eigenvalue weighted by Gasteiger charge is 2.39. The summed E-state index contributed by atoms with van der Waals surface area (Å²) in [6.07, 6.45) is 6.67. The number of ketones is 1. The summed E-state index contributed by atoms with van der Waals surface area (Å²) in [5, 5.41) is 2.78. The second-order valence-electron chi connectivity index (χ2n) is 4.88. The lowest BCUT2D eigenvalue weighted by molar-refractivity contribution is -0.134. The van der Waals surface area contributed by atoms with Crippen molar-refractivity contribution in [2.24, 2.45) is 11.8 Å². The van der Waals surface area contributed by atoms with Crippen molar-refractivity contribution in [1.29, 1.82) is 0 Å². The molecule has 0 saturated heterocycles. The molecule has 3 nitrogen and oxygen atoms in total. The summed E-state index contributed by atoms with van der Waals surface area (Å²) in [6.45, 7) is 1.49. The Kier molecular flexibility index (Phi) is 3.08. The first-order valence-electron chi connectivity index (χ1n) is 5.99. The molecule has 2 aliphatic rings. The number of hydrogen-bond donors (Lipinski definition) is 1. The van der Waals surface area contributed by atoms with Crippen LogP contribution in [0, 0.1) is 11.8 Å². The Morgan fingerprint density at radius 1 is 1.20 bits per heavy atom. The minimum absolute atomic E-state index is 0.0809. The van der Waals surface area contributed by atoms with Gasteiger partial charge in [0.2, 0.25) is 5.91 Å². The number of carbonyl (C=O) groups is 2. The molecular weight excluding hydrogens is 190 g/mol. The molecule has 0 aromatic rings. The highest BCUT2D eigenvalue weighted by atomic mass is 16.2. The topological polar surface area (TPSA) is 46.2 Å². The second kappa shape index (κ2) is 4.33. The number of Topliss-reactive ketones (excluding diaryl/α,β-unsaturated/α-hetero) is 1. The maximum Gasteiger partial charge on any atom is 0.217 e. The van der Waals surface area contributed by atoms with Crippen molar-refractivity contribution < 1.29 is 9.59 Å². The van der Waals surface area contributed by atoms with Gasteiger partial charge in [-0.3, -0.25) is 9.59 Å². The molecule has 1 amide bonds. The molecule has 1 N–H and O–H groups in total. The fraction of sp³-hybridized carbons (Fsp3) is 0.833. The van der Waals surface area contributed by atoms with Gasteiger partial charge in [0, 0.05) is 12.8 Å². The second-order valence-corrected chi connectivity index (χ2v) is 4.88. The van der Waals surface area contributed by atoms with Crippen LogP contribution in [0.5, 0.6) is 0 Å². The average molecular weight is 209 g/mol. The Bertz CT molecular complexity index is 275. The van der Waals surface area contributed by atoms with Gasteiger partial charge in [-0.2, -0.15) is 0 Å². The zero-order chi connectivity index (χ0) is 10.8. The summed E-state index contributed by atoms with van der Waals surface area (Å²) in [4.78, 5) is 23.0. The number of hydrogen-bond acceptors (Lipinski definition) is 2. The fourth-order valence-corrected chi connectivity index (χ4v) is 3.10. The third-order valence-corrected chi connectivity index (χ3v) is 3.82. The molecule has 0 bridgehead atoms. The lowest BCUT2D eigenvalue weighted by Crippen LogP contribution is -2.48. The maximum atomic E-state index is 12.1. The van der Waals surface area contributed by atoms with Crippen LogP contribution in [0.3, 0.4) is 0 Å². The van der Waals surface area contributed by atoms with E-state index in [-0.39, 0.29) is 17.9 Å². The molecule has 3 unspecified atom stereocenters. The van der Waals surface area contributed by atoms with Crippen LogP contribution in [0.2, 0.25) is 0 Å². The van der Waals surface area contributed by atoms with Crippen molar-refractivity contribution in [2.45, 2.75) is 51.5 Å². The van der Waals surface area contributed by atoms with Crippen LogP contribution in [-0.4, -0.2) is 17.7 Å². The Morgan fingerprint density at radius 3 is 2.67 bits per heavy atom. The fourth-order valence-electron chi connectivity index (χ4n) is 3.10. The molecule has 3 atom stereocenters. The van der Waals surface area contributed by atoms with Gasteiger partial charge in [-0.15, -0.1) is 0 Å². The van der Waals surface area contributed by atoms with Crippen LogP contribution in [0.15, 0.2) is 0 Å². The Labute approximate surface area is 90.6 Å².